The molecule has 2 heteroatoms. The minimum Gasteiger partial charge on any atom is -0.127 e. The maximum atomic E-state index is 5.87. The standard InChI is InChI=1S/C17H21ClSi/c18-12-7-13-19(14-16-8-3-1-4-9-16)15-17-10-5-2-6-11-17/h1-6,8-11,19H,7,12-15H2. The Bertz CT molecular complexity index is 414. The Balaban J connectivity index is 1.99. The van der Waals surface area contributed by atoms with Crippen LogP contribution in [0.5, 0.6) is 0 Å². The maximum Gasteiger partial charge on any atom is 0.0458 e. The number of benzene rings is 2. The molecule has 0 aliphatic rings. The Kier molecular flexibility index (Phi) is 6.18. The molecular formula is C17H21ClSi. The second-order valence-electron chi connectivity index (χ2n) is 5.08. The van der Waals surface area contributed by atoms with E-state index in [1.165, 1.54) is 29.3 Å². The third kappa shape index (κ3) is 5.21. The van der Waals surface area contributed by atoms with Crippen LogP contribution < -0.4 is 0 Å². The topological polar surface area (TPSA) is 0 Å². The van der Waals surface area contributed by atoms with Crippen LogP contribution in [0.2, 0.25) is 6.04 Å². The fourth-order valence-electron chi connectivity index (χ4n) is 2.54. The first-order chi connectivity index (χ1) is 9.38. The molecule has 0 spiro atoms. The summed E-state index contributed by atoms with van der Waals surface area (Å²) >= 11 is 5.87. The van der Waals surface area contributed by atoms with Crippen molar-refractivity contribution in [3.63, 3.8) is 0 Å². The lowest BCUT2D eigenvalue weighted by atomic mass is 10.2. The monoisotopic (exact) mass is 288 g/mol. The third-order valence-electron chi connectivity index (χ3n) is 3.48. The van der Waals surface area contributed by atoms with Gasteiger partial charge in [-0.3, -0.25) is 0 Å². The SMILES string of the molecule is ClCCC[SiH](Cc1ccccc1)Cc1ccccc1. The molecule has 19 heavy (non-hydrogen) atoms. The zero-order chi connectivity index (χ0) is 13.3. The van der Waals surface area contributed by atoms with Gasteiger partial charge in [0.15, 0.2) is 0 Å². The van der Waals surface area contributed by atoms with Crippen LogP contribution in [0.4, 0.5) is 0 Å². The quantitative estimate of drug-likeness (QED) is 0.523. The molecule has 0 aromatic heterocycles. The predicted octanol–water partition coefficient (Wildman–Crippen LogP) is 4.41. The van der Waals surface area contributed by atoms with Gasteiger partial charge in [-0.1, -0.05) is 77.8 Å². The largest absolute Gasteiger partial charge is 0.127 e. The van der Waals surface area contributed by atoms with Gasteiger partial charge >= 0.3 is 0 Å². The molecule has 0 bridgehead atoms. The highest BCUT2D eigenvalue weighted by atomic mass is 35.5. The van der Waals surface area contributed by atoms with Gasteiger partial charge in [-0.15, -0.1) is 11.6 Å². The van der Waals surface area contributed by atoms with Gasteiger partial charge < -0.3 is 0 Å². The van der Waals surface area contributed by atoms with Crippen molar-refractivity contribution in [2.75, 3.05) is 5.88 Å². The molecule has 0 atom stereocenters. The summed E-state index contributed by atoms with van der Waals surface area (Å²) in [6, 6.07) is 25.7. The van der Waals surface area contributed by atoms with Crippen molar-refractivity contribution >= 4 is 20.4 Å². The van der Waals surface area contributed by atoms with E-state index in [9.17, 15) is 0 Å². The Labute approximate surface area is 123 Å². The third-order valence-corrected chi connectivity index (χ3v) is 7.07. The molecular weight excluding hydrogens is 268 g/mol. The first kappa shape index (κ1) is 14.4. The lowest BCUT2D eigenvalue weighted by molar-refractivity contribution is 1.04. The number of alkyl halides is 1. The minimum absolute atomic E-state index is 0.789. The van der Waals surface area contributed by atoms with Crippen LogP contribution in [-0.4, -0.2) is 14.7 Å². The summed E-state index contributed by atoms with van der Waals surface area (Å²) < 4.78 is 0. The van der Waals surface area contributed by atoms with Crippen molar-refractivity contribution < 1.29 is 0 Å². The maximum absolute atomic E-state index is 5.87. The zero-order valence-electron chi connectivity index (χ0n) is 11.3. The molecule has 0 heterocycles. The van der Waals surface area contributed by atoms with Gasteiger partial charge in [0.1, 0.15) is 0 Å². The second kappa shape index (κ2) is 8.18. The summed E-state index contributed by atoms with van der Waals surface area (Å²) in [6.07, 6.45) is 1.16. The lowest BCUT2D eigenvalue weighted by Crippen LogP contribution is -2.21. The van der Waals surface area contributed by atoms with Gasteiger partial charge in [-0.05, 0) is 18.5 Å². The molecule has 0 aliphatic heterocycles. The van der Waals surface area contributed by atoms with Crippen molar-refractivity contribution in [2.45, 2.75) is 24.6 Å². The summed E-state index contributed by atoms with van der Waals surface area (Å²) in [5.41, 5.74) is 2.98. The molecule has 0 saturated heterocycles. The van der Waals surface area contributed by atoms with Crippen LogP contribution >= 0.6 is 11.6 Å². The molecule has 0 fully saturated rings. The predicted molar refractivity (Wildman–Crippen MR) is 87.6 cm³/mol. The van der Waals surface area contributed by atoms with Crippen molar-refractivity contribution in [2.24, 2.45) is 0 Å². The summed E-state index contributed by atoms with van der Waals surface area (Å²) in [7, 11) is -0.789. The Morgan fingerprint density at radius 2 is 1.21 bits per heavy atom. The van der Waals surface area contributed by atoms with E-state index in [0.717, 1.165) is 12.3 Å². The van der Waals surface area contributed by atoms with E-state index in [0.29, 0.717) is 0 Å². The van der Waals surface area contributed by atoms with Crippen molar-refractivity contribution in [3.05, 3.63) is 71.8 Å². The van der Waals surface area contributed by atoms with Gasteiger partial charge in [0.2, 0.25) is 0 Å². The summed E-state index contributed by atoms with van der Waals surface area (Å²) in [6.45, 7) is 0. The zero-order valence-corrected chi connectivity index (χ0v) is 13.2. The fraction of sp³-hybridized carbons (Fsp3) is 0.294. The van der Waals surface area contributed by atoms with Crippen LogP contribution in [0.3, 0.4) is 0 Å². The van der Waals surface area contributed by atoms with Gasteiger partial charge in [0.25, 0.3) is 0 Å². The van der Waals surface area contributed by atoms with E-state index in [1.807, 2.05) is 0 Å². The van der Waals surface area contributed by atoms with Crippen molar-refractivity contribution in [3.8, 4) is 0 Å². The molecule has 0 radical (unpaired) electrons. The Morgan fingerprint density at radius 1 is 0.737 bits per heavy atom. The molecule has 0 saturated carbocycles. The fourth-order valence-corrected chi connectivity index (χ4v) is 6.16. The van der Waals surface area contributed by atoms with E-state index in [-0.39, 0.29) is 0 Å². The number of hydrogen-bond acceptors (Lipinski definition) is 0. The average molecular weight is 289 g/mol. The number of hydrogen-bond donors (Lipinski definition) is 0. The molecule has 2 aromatic rings. The van der Waals surface area contributed by atoms with Crippen LogP contribution in [0.1, 0.15) is 17.5 Å². The second-order valence-corrected chi connectivity index (χ2v) is 8.58. The first-order valence-corrected chi connectivity index (χ1v) is 10.0. The van der Waals surface area contributed by atoms with Crippen LogP contribution in [0, 0.1) is 0 Å². The summed E-state index contributed by atoms with van der Waals surface area (Å²) in [4.78, 5) is 0. The van der Waals surface area contributed by atoms with Crippen LogP contribution in [0.25, 0.3) is 0 Å². The van der Waals surface area contributed by atoms with E-state index in [1.54, 1.807) is 0 Å². The molecule has 2 aromatic carbocycles. The number of halogens is 1. The smallest absolute Gasteiger partial charge is 0.0458 e. The van der Waals surface area contributed by atoms with Crippen molar-refractivity contribution in [1.29, 1.82) is 0 Å². The van der Waals surface area contributed by atoms with Crippen LogP contribution in [-0.2, 0) is 12.1 Å². The highest BCUT2D eigenvalue weighted by Gasteiger charge is 2.12. The molecule has 0 unspecified atom stereocenters. The summed E-state index contributed by atoms with van der Waals surface area (Å²) in [5.74, 6) is 0.799. The number of rotatable bonds is 7. The molecule has 100 valence electrons. The van der Waals surface area contributed by atoms with Crippen molar-refractivity contribution in [1.82, 2.24) is 0 Å². The Hall–Kier alpha value is -1.05. The van der Waals surface area contributed by atoms with Crippen LogP contribution in [0.15, 0.2) is 60.7 Å². The first-order valence-electron chi connectivity index (χ1n) is 7.02. The average Bonchev–Trinajstić information content (AvgIpc) is 2.47. The molecule has 2 rings (SSSR count). The van der Waals surface area contributed by atoms with E-state index in [2.05, 4.69) is 60.7 Å². The van der Waals surface area contributed by atoms with Gasteiger partial charge in [0, 0.05) is 14.7 Å². The molecule has 0 amide bonds. The van der Waals surface area contributed by atoms with Gasteiger partial charge in [-0.25, -0.2) is 0 Å². The highest BCUT2D eigenvalue weighted by molar-refractivity contribution is 6.57. The molecule has 0 N–H and O–H groups in total. The molecule has 0 nitrogen and oxygen atoms in total. The lowest BCUT2D eigenvalue weighted by Gasteiger charge is -2.15. The van der Waals surface area contributed by atoms with E-state index >= 15 is 0 Å². The molecule has 0 aliphatic carbocycles. The van der Waals surface area contributed by atoms with Gasteiger partial charge in [0.05, 0.1) is 0 Å². The minimum atomic E-state index is -0.789. The van der Waals surface area contributed by atoms with Gasteiger partial charge in [-0.2, -0.15) is 0 Å². The summed E-state index contributed by atoms with van der Waals surface area (Å²) in [5, 5.41) is 0. The normalized spacial score (nSPS) is 10.8. The Morgan fingerprint density at radius 3 is 1.63 bits per heavy atom. The van der Waals surface area contributed by atoms with E-state index < -0.39 is 8.80 Å². The van der Waals surface area contributed by atoms with E-state index in [4.69, 9.17) is 11.6 Å². The highest BCUT2D eigenvalue weighted by Crippen LogP contribution is 2.13.